The van der Waals surface area contributed by atoms with Crippen LogP contribution in [0.3, 0.4) is 0 Å². The number of likely N-dealkylation sites (N-methyl/N-ethyl adjacent to an activating group) is 2. The van der Waals surface area contributed by atoms with Crippen molar-refractivity contribution in [1.82, 2.24) is 9.80 Å². The van der Waals surface area contributed by atoms with Gasteiger partial charge in [0.15, 0.2) is 0 Å². The second kappa shape index (κ2) is 6.83. The summed E-state index contributed by atoms with van der Waals surface area (Å²) in [6, 6.07) is 10.6. The van der Waals surface area contributed by atoms with Crippen LogP contribution in [0.1, 0.15) is 11.6 Å². The van der Waals surface area contributed by atoms with E-state index in [1.165, 1.54) is 5.56 Å². The Hall–Kier alpha value is -1.43. The van der Waals surface area contributed by atoms with Crippen LogP contribution in [0.2, 0.25) is 0 Å². The molecule has 2 atom stereocenters. The summed E-state index contributed by atoms with van der Waals surface area (Å²) in [7, 11) is 4.01. The molecule has 1 aliphatic rings. The maximum Gasteiger partial charge on any atom is 0.231 e. The minimum Gasteiger partial charge on any atom is -0.374 e. The summed E-state index contributed by atoms with van der Waals surface area (Å²) >= 11 is 0. The number of hydrogen-bond acceptors (Lipinski definition) is 4. The van der Waals surface area contributed by atoms with Gasteiger partial charge < -0.3 is 10.5 Å². The number of carbonyl (C=O) groups excluding carboxylic acids is 1. The summed E-state index contributed by atoms with van der Waals surface area (Å²) < 4.78 is 5.93. The van der Waals surface area contributed by atoms with Crippen LogP contribution in [-0.4, -0.2) is 62.1 Å². The number of ether oxygens (including phenoxy) is 1. The van der Waals surface area contributed by atoms with Crippen molar-refractivity contribution in [2.75, 3.05) is 40.3 Å². The molecule has 20 heavy (non-hydrogen) atoms. The van der Waals surface area contributed by atoms with Gasteiger partial charge in [-0.2, -0.15) is 0 Å². The monoisotopic (exact) mass is 277 g/mol. The average Bonchev–Trinajstić information content (AvgIpc) is 2.39. The minimum atomic E-state index is -0.312. The number of hydrogen-bond donors (Lipinski definition) is 1. The summed E-state index contributed by atoms with van der Waals surface area (Å²) in [4.78, 5) is 15.2. The largest absolute Gasteiger partial charge is 0.374 e. The number of amides is 1. The van der Waals surface area contributed by atoms with Crippen molar-refractivity contribution in [3.05, 3.63) is 35.9 Å². The summed E-state index contributed by atoms with van der Waals surface area (Å²) in [5, 5.41) is 0. The highest BCUT2D eigenvalue weighted by atomic mass is 16.5. The van der Waals surface area contributed by atoms with Gasteiger partial charge in [-0.3, -0.25) is 14.6 Å². The quantitative estimate of drug-likeness (QED) is 0.850. The molecule has 2 rings (SSSR count). The number of primary amides is 1. The van der Waals surface area contributed by atoms with Crippen LogP contribution in [0.15, 0.2) is 30.3 Å². The van der Waals surface area contributed by atoms with Gasteiger partial charge in [0.05, 0.1) is 25.3 Å². The smallest absolute Gasteiger partial charge is 0.231 e. The van der Waals surface area contributed by atoms with E-state index in [4.69, 9.17) is 10.5 Å². The summed E-state index contributed by atoms with van der Waals surface area (Å²) in [6.45, 7) is 2.57. The molecule has 1 saturated heterocycles. The zero-order chi connectivity index (χ0) is 14.5. The lowest BCUT2D eigenvalue weighted by molar-refractivity contribution is -0.120. The number of rotatable bonds is 5. The molecule has 0 aromatic heterocycles. The molecular formula is C15H23N3O2. The molecule has 1 amide bonds. The first-order chi connectivity index (χ1) is 9.58. The molecule has 0 unspecified atom stereocenters. The first kappa shape index (κ1) is 15.0. The lowest BCUT2D eigenvalue weighted by atomic mass is 9.98. The van der Waals surface area contributed by atoms with Crippen molar-refractivity contribution in [3.8, 4) is 0 Å². The molecule has 0 saturated carbocycles. The molecule has 1 heterocycles. The molecule has 110 valence electrons. The highest BCUT2D eigenvalue weighted by molar-refractivity contribution is 5.75. The van der Waals surface area contributed by atoms with Gasteiger partial charge in [0.1, 0.15) is 0 Å². The molecule has 0 bridgehead atoms. The molecular weight excluding hydrogens is 254 g/mol. The fourth-order valence-corrected chi connectivity index (χ4v) is 2.77. The number of nitrogens with two attached hydrogens (primary N) is 1. The van der Waals surface area contributed by atoms with Gasteiger partial charge in [0.25, 0.3) is 0 Å². The van der Waals surface area contributed by atoms with Crippen LogP contribution in [0.25, 0.3) is 0 Å². The number of nitrogens with zero attached hydrogens (tertiary/aromatic N) is 2. The van der Waals surface area contributed by atoms with Crippen molar-refractivity contribution in [2.24, 2.45) is 5.73 Å². The van der Waals surface area contributed by atoms with E-state index < -0.39 is 0 Å². The third-order valence-electron chi connectivity index (χ3n) is 3.66. The number of carbonyl (C=O) groups is 1. The lowest BCUT2D eigenvalue weighted by Gasteiger charge is -2.40. The highest BCUT2D eigenvalue weighted by Gasteiger charge is 2.32. The third kappa shape index (κ3) is 3.79. The maximum atomic E-state index is 11.0. The molecule has 0 spiro atoms. The Bertz CT molecular complexity index is 438. The van der Waals surface area contributed by atoms with Crippen molar-refractivity contribution in [3.63, 3.8) is 0 Å². The summed E-state index contributed by atoms with van der Waals surface area (Å²) in [5.41, 5.74) is 6.48. The standard InChI is InChI=1S/C15H23N3O2/c1-17(11-14(16)19)10-13-15(18(2)8-9-20-13)12-6-4-3-5-7-12/h3-7,13,15H,8-11H2,1-2H3,(H2,16,19)/t13-,15-/m0/s1. The van der Waals surface area contributed by atoms with Crippen LogP contribution in [0.4, 0.5) is 0 Å². The second-order valence-electron chi connectivity index (χ2n) is 5.41. The minimum absolute atomic E-state index is 0.0421. The predicted molar refractivity (Wildman–Crippen MR) is 78.2 cm³/mol. The zero-order valence-corrected chi connectivity index (χ0v) is 12.2. The topological polar surface area (TPSA) is 58.8 Å². The molecule has 1 fully saturated rings. The van der Waals surface area contributed by atoms with Crippen LogP contribution in [0, 0.1) is 0 Å². The molecule has 5 heteroatoms. The normalized spacial score (nSPS) is 23.9. The van der Waals surface area contributed by atoms with Gasteiger partial charge in [-0.25, -0.2) is 0 Å². The van der Waals surface area contributed by atoms with E-state index >= 15 is 0 Å². The van der Waals surface area contributed by atoms with E-state index in [-0.39, 0.29) is 24.6 Å². The van der Waals surface area contributed by atoms with E-state index in [1.807, 2.05) is 30.1 Å². The first-order valence-corrected chi connectivity index (χ1v) is 6.91. The van der Waals surface area contributed by atoms with Gasteiger partial charge in [0.2, 0.25) is 5.91 Å². The number of morpholine rings is 1. The molecule has 1 aromatic carbocycles. The fraction of sp³-hybridized carbons (Fsp3) is 0.533. The van der Waals surface area contributed by atoms with Crippen molar-refractivity contribution < 1.29 is 9.53 Å². The Labute approximate surface area is 120 Å². The lowest BCUT2D eigenvalue weighted by Crippen LogP contribution is -2.48. The average molecular weight is 277 g/mol. The molecule has 1 aliphatic heterocycles. The second-order valence-corrected chi connectivity index (χ2v) is 5.41. The highest BCUT2D eigenvalue weighted by Crippen LogP contribution is 2.28. The molecule has 0 radical (unpaired) electrons. The Morgan fingerprint density at radius 2 is 2.15 bits per heavy atom. The van der Waals surface area contributed by atoms with Gasteiger partial charge in [-0.1, -0.05) is 30.3 Å². The van der Waals surface area contributed by atoms with E-state index in [2.05, 4.69) is 24.1 Å². The van der Waals surface area contributed by atoms with E-state index in [9.17, 15) is 4.79 Å². The Balaban J connectivity index is 2.10. The van der Waals surface area contributed by atoms with Crippen LogP contribution >= 0.6 is 0 Å². The zero-order valence-electron chi connectivity index (χ0n) is 12.2. The first-order valence-electron chi connectivity index (χ1n) is 6.91. The maximum absolute atomic E-state index is 11.0. The SMILES string of the molecule is CN(CC(N)=O)C[C@@H]1OCCN(C)[C@H]1c1ccccc1. The molecule has 1 aromatic rings. The summed E-state index contributed by atoms with van der Waals surface area (Å²) in [6.07, 6.45) is 0.0421. The predicted octanol–water partition coefficient (Wildman–Crippen LogP) is 0.475. The van der Waals surface area contributed by atoms with Crippen LogP contribution < -0.4 is 5.73 Å². The van der Waals surface area contributed by atoms with E-state index in [0.29, 0.717) is 6.54 Å². The van der Waals surface area contributed by atoms with Gasteiger partial charge in [0, 0.05) is 13.1 Å². The fourth-order valence-electron chi connectivity index (χ4n) is 2.77. The summed E-state index contributed by atoms with van der Waals surface area (Å²) in [5.74, 6) is -0.312. The van der Waals surface area contributed by atoms with E-state index in [1.54, 1.807) is 0 Å². The van der Waals surface area contributed by atoms with Gasteiger partial charge in [-0.15, -0.1) is 0 Å². The van der Waals surface area contributed by atoms with Crippen LogP contribution in [0.5, 0.6) is 0 Å². The van der Waals surface area contributed by atoms with Crippen molar-refractivity contribution in [2.45, 2.75) is 12.1 Å². The van der Waals surface area contributed by atoms with E-state index in [0.717, 1.165) is 13.2 Å². The van der Waals surface area contributed by atoms with Crippen molar-refractivity contribution >= 4 is 5.91 Å². The Morgan fingerprint density at radius 1 is 1.45 bits per heavy atom. The van der Waals surface area contributed by atoms with Crippen LogP contribution in [-0.2, 0) is 9.53 Å². The molecule has 5 nitrogen and oxygen atoms in total. The number of benzene rings is 1. The van der Waals surface area contributed by atoms with Crippen molar-refractivity contribution in [1.29, 1.82) is 0 Å². The third-order valence-corrected chi connectivity index (χ3v) is 3.66. The van der Waals surface area contributed by atoms with Gasteiger partial charge in [-0.05, 0) is 19.7 Å². The molecule has 2 N–H and O–H groups in total. The Kier molecular flexibility index (Phi) is 5.11. The molecule has 0 aliphatic carbocycles. The Morgan fingerprint density at radius 3 is 2.80 bits per heavy atom. The van der Waals surface area contributed by atoms with Gasteiger partial charge >= 0.3 is 0 Å².